The van der Waals surface area contributed by atoms with E-state index < -0.39 is 10.0 Å². The lowest BCUT2D eigenvalue weighted by Crippen LogP contribution is -2.37. The summed E-state index contributed by atoms with van der Waals surface area (Å²) in [5, 5.41) is 3.07. The molecule has 0 aliphatic heterocycles. The number of ether oxygens (including phenoxy) is 1. The summed E-state index contributed by atoms with van der Waals surface area (Å²) in [6.45, 7) is 3.06. The van der Waals surface area contributed by atoms with Crippen molar-refractivity contribution < 1.29 is 13.2 Å². The van der Waals surface area contributed by atoms with Crippen LogP contribution in [0.1, 0.15) is 12.5 Å². The van der Waals surface area contributed by atoms with Crippen LogP contribution in [0.5, 0.6) is 0 Å². The Hall–Kier alpha value is -0.950. The second-order valence-electron chi connectivity index (χ2n) is 4.82. The molecule has 0 aliphatic rings. The van der Waals surface area contributed by atoms with Crippen LogP contribution >= 0.6 is 0 Å². The van der Waals surface area contributed by atoms with E-state index in [1.54, 1.807) is 26.3 Å². The highest BCUT2D eigenvalue weighted by molar-refractivity contribution is 7.89. The van der Waals surface area contributed by atoms with Gasteiger partial charge in [-0.2, -0.15) is 4.31 Å². The predicted octanol–water partition coefficient (Wildman–Crippen LogP) is 1.10. The average Bonchev–Trinajstić information content (AvgIpc) is 2.45. The molecule has 20 heavy (non-hydrogen) atoms. The maximum atomic E-state index is 12.4. The molecule has 114 valence electrons. The predicted molar refractivity (Wildman–Crippen MR) is 80.4 cm³/mol. The van der Waals surface area contributed by atoms with E-state index >= 15 is 0 Å². The highest BCUT2D eigenvalue weighted by Gasteiger charge is 2.25. The van der Waals surface area contributed by atoms with E-state index in [2.05, 4.69) is 5.32 Å². The number of rotatable bonds is 8. The molecule has 0 spiro atoms. The quantitative estimate of drug-likeness (QED) is 0.781. The van der Waals surface area contributed by atoms with Crippen molar-refractivity contribution in [3.63, 3.8) is 0 Å². The Morgan fingerprint density at radius 1 is 1.30 bits per heavy atom. The molecule has 1 unspecified atom stereocenters. The Kier molecular flexibility index (Phi) is 6.61. The number of likely N-dealkylation sites (N-methyl/N-ethyl adjacent to an activating group) is 2. The number of hydrogen-bond donors (Lipinski definition) is 1. The van der Waals surface area contributed by atoms with Crippen molar-refractivity contribution in [3.8, 4) is 0 Å². The van der Waals surface area contributed by atoms with Gasteiger partial charge in [0.05, 0.1) is 11.5 Å². The van der Waals surface area contributed by atoms with Crippen LogP contribution < -0.4 is 5.32 Å². The van der Waals surface area contributed by atoms with Crippen molar-refractivity contribution in [2.45, 2.75) is 24.3 Å². The van der Waals surface area contributed by atoms with E-state index in [1.807, 2.05) is 26.1 Å². The van der Waals surface area contributed by atoms with Gasteiger partial charge in [-0.3, -0.25) is 0 Å². The van der Waals surface area contributed by atoms with Crippen molar-refractivity contribution in [2.75, 3.05) is 34.4 Å². The molecular weight excluding hydrogens is 276 g/mol. The van der Waals surface area contributed by atoms with Gasteiger partial charge in [-0.05, 0) is 44.6 Å². The fourth-order valence-corrected chi connectivity index (χ4v) is 3.19. The molecule has 1 N–H and O–H groups in total. The van der Waals surface area contributed by atoms with Gasteiger partial charge in [0.2, 0.25) is 10.0 Å². The van der Waals surface area contributed by atoms with E-state index in [9.17, 15) is 8.42 Å². The molecule has 1 aromatic rings. The van der Waals surface area contributed by atoms with Crippen LogP contribution in [0.3, 0.4) is 0 Å². The van der Waals surface area contributed by atoms with Gasteiger partial charge in [0.1, 0.15) is 0 Å². The molecular formula is C14H24N2O3S. The van der Waals surface area contributed by atoms with Gasteiger partial charge >= 0.3 is 0 Å². The summed E-state index contributed by atoms with van der Waals surface area (Å²) in [6.07, 6.45) is 0.882. The number of nitrogens with zero attached hydrogens (tertiary/aromatic N) is 1. The van der Waals surface area contributed by atoms with Crippen molar-refractivity contribution in [2.24, 2.45) is 0 Å². The average molecular weight is 300 g/mol. The van der Waals surface area contributed by atoms with E-state index in [0.717, 1.165) is 18.5 Å². The molecule has 0 radical (unpaired) electrons. The Bertz CT molecular complexity index is 500. The Balaban J connectivity index is 2.87. The third-order valence-electron chi connectivity index (χ3n) is 3.29. The number of hydrogen-bond acceptors (Lipinski definition) is 4. The zero-order valence-electron chi connectivity index (χ0n) is 12.6. The Morgan fingerprint density at radius 2 is 1.90 bits per heavy atom. The molecule has 0 saturated heterocycles. The number of sulfonamides is 1. The molecule has 0 amide bonds. The van der Waals surface area contributed by atoms with Crippen LogP contribution in [0, 0.1) is 0 Å². The zero-order chi connectivity index (χ0) is 15.2. The van der Waals surface area contributed by atoms with E-state index in [0.29, 0.717) is 11.5 Å². The molecule has 6 heteroatoms. The van der Waals surface area contributed by atoms with Crippen LogP contribution in [0.15, 0.2) is 29.2 Å². The first-order valence-electron chi connectivity index (χ1n) is 6.64. The molecule has 1 rings (SSSR count). The van der Waals surface area contributed by atoms with Gasteiger partial charge < -0.3 is 10.1 Å². The first kappa shape index (κ1) is 17.1. The lowest BCUT2D eigenvalue weighted by Gasteiger charge is -2.23. The van der Waals surface area contributed by atoms with Gasteiger partial charge in [-0.25, -0.2) is 8.42 Å². The van der Waals surface area contributed by atoms with Gasteiger partial charge in [0.25, 0.3) is 0 Å². The van der Waals surface area contributed by atoms with Crippen molar-refractivity contribution in [1.29, 1.82) is 0 Å². The monoisotopic (exact) mass is 300 g/mol. The molecule has 1 atom stereocenters. The van der Waals surface area contributed by atoms with E-state index in [-0.39, 0.29) is 6.04 Å². The maximum Gasteiger partial charge on any atom is 0.243 e. The number of methoxy groups -OCH3 is 1. The summed E-state index contributed by atoms with van der Waals surface area (Å²) >= 11 is 0. The minimum atomic E-state index is -3.46. The second kappa shape index (κ2) is 7.73. The SMILES string of the molecule is CNCCc1ccc(S(=O)(=O)N(C)C(C)COC)cc1. The third kappa shape index (κ3) is 4.28. The lowest BCUT2D eigenvalue weighted by molar-refractivity contribution is 0.149. The molecule has 0 bridgehead atoms. The van der Waals surface area contributed by atoms with Crippen molar-refractivity contribution >= 4 is 10.0 Å². The second-order valence-corrected chi connectivity index (χ2v) is 6.82. The fourth-order valence-electron chi connectivity index (χ4n) is 1.85. The normalized spacial score (nSPS) is 13.7. The number of benzene rings is 1. The molecule has 0 heterocycles. The van der Waals surface area contributed by atoms with Gasteiger partial charge in [-0.1, -0.05) is 12.1 Å². The summed E-state index contributed by atoms with van der Waals surface area (Å²) < 4.78 is 31.2. The molecule has 5 nitrogen and oxygen atoms in total. The van der Waals surface area contributed by atoms with Crippen LogP contribution in [-0.4, -0.2) is 53.1 Å². The Morgan fingerprint density at radius 3 is 2.40 bits per heavy atom. The first-order valence-corrected chi connectivity index (χ1v) is 8.08. The van der Waals surface area contributed by atoms with Crippen LogP contribution in [0.25, 0.3) is 0 Å². The van der Waals surface area contributed by atoms with Crippen molar-refractivity contribution in [1.82, 2.24) is 9.62 Å². The lowest BCUT2D eigenvalue weighted by atomic mass is 10.1. The topological polar surface area (TPSA) is 58.6 Å². The van der Waals surface area contributed by atoms with Gasteiger partial charge in [-0.15, -0.1) is 0 Å². The number of nitrogens with one attached hydrogen (secondary N) is 1. The summed E-state index contributed by atoms with van der Waals surface area (Å²) in [4.78, 5) is 0.316. The molecule has 0 fully saturated rings. The summed E-state index contributed by atoms with van der Waals surface area (Å²) in [5.74, 6) is 0. The van der Waals surface area contributed by atoms with E-state index in [4.69, 9.17) is 4.74 Å². The largest absolute Gasteiger partial charge is 0.383 e. The standard InChI is InChI=1S/C14H24N2O3S/c1-12(11-19-4)16(3)20(17,18)14-7-5-13(6-8-14)9-10-15-2/h5-8,12,15H,9-11H2,1-4H3. The molecule has 0 aromatic heterocycles. The van der Waals surface area contributed by atoms with Crippen LogP contribution in [0.4, 0.5) is 0 Å². The smallest absolute Gasteiger partial charge is 0.243 e. The first-order chi connectivity index (χ1) is 9.43. The molecule has 1 aromatic carbocycles. The summed E-state index contributed by atoms with van der Waals surface area (Å²) in [6, 6.07) is 6.85. The van der Waals surface area contributed by atoms with Crippen LogP contribution in [-0.2, 0) is 21.2 Å². The highest BCUT2D eigenvalue weighted by Crippen LogP contribution is 2.17. The van der Waals surface area contributed by atoms with Crippen LogP contribution in [0.2, 0.25) is 0 Å². The minimum Gasteiger partial charge on any atom is -0.383 e. The van der Waals surface area contributed by atoms with Gasteiger partial charge in [0, 0.05) is 20.2 Å². The van der Waals surface area contributed by atoms with E-state index in [1.165, 1.54) is 4.31 Å². The molecule has 0 aliphatic carbocycles. The Labute approximate surface area is 122 Å². The highest BCUT2D eigenvalue weighted by atomic mass is 32.2. The minimum absolute atomic E-state index is 0.200. The summed E-state index contributed by atoms with van der Waals surface area (Å²) in [7, 11) is 1.57. The van der Waals surface area contributed by atoms with Gasteiger partial charge in [0.15, 0.2) is 0 Å². The fraction of sp³-hybridized carbons (Fsp3) is 0.571. The zero-order valence-corrected chi connectivity index (χ0v) is 13.4. The van der Waals surface area contributed by atoms with Crippen molar-refractivity contribution in [3.05, 3.63) is 29.8 Å². The summed E-state index contributed by atoms with van der Waals surface area (Å²) in [5.41, 5.74) is 1.12. The molecule has 0 saturated carbocycles. The third-order valence-corrected chi connectivity index (χ3v) is 5.28. The maximum absolute atomic E-state index is 12.4.